The van der Waals surface area contributed by atoms with Gasteiger partial charge in [0.15, 0.2) is 17.2 Å². The van der Waals surface area contributed by atoms with E-state index in [1.54, 1.807) is 12.1 Å². The lowest BCUT2D eigenvalue weighted by Gasteiger charge is -2.12. The Balaban J connectivity index is 2.27. The van der Waals surface area contributed by atoms with Gasteiger partial charge in [0, 0.05) is 23.6 Å². The van der Waals surface area contributed by atoms with Crippen molar-refractivity contribution < 1.29 is 19.1 Å². The van der Waals surface area contributed by atoms with Gasteiger partial charge in [-0.3, -0.25) is 9.59 Å². The Morgan fingerprint density at radius 3 is 2.33 bits per heavy atom. The summed E-state index contributed by atoms with van der Waals surface area (Å²) < 4.78 is 11.3. The van der Waals surface area contributed by atoms with E-state index >= 15 is 0 Å². The van der Waals surface area contributed by atoms with E-state index in [0.29, 0.717) is 16.9 Å². The molecule has 0 N–H and O–H groups in total. The second kappa shape index (κ2) is 3.01. The minimum atomic E-state index is -0.699. The molecule has 2 aliphatic rings. The SMILES string of the molecule is CC(=O)c1cc2c(c(C(C)=O)c1)C1(C)OC1(C)O2. The number of benzene rings is 1. The molecule has 2 atom stereocenters. The maximum atomic E-state index is 11.8. The number of ether oxygens (including phenoxy) is 2. The fourth-order valence-corrected chi connectivity index (χ4v) is 2.64. The number of carbonyl (C=O) groups is 2. The number of rotatable bonds is 2. The molecule has 0 bridgehead atoms. The number of carbonyl (C=O) groups excluding carboxylic acids is 2. The lowest BCUT2D eigenvalue weighted by Crippen LogP contribution is -2.17. The quantitative estimate of drug-likeness (QED) is 0.594. The zero-order chi connectivity index (χ0) is 13.3. The molecule has 0 spiro atoms. The van der Waals surface area contributed by atoms with Crippen LogP contribution >= 0.6 is 0 Å². The van der Waals surface area contributed by atoms with Crippen molar-refractivity contribution in [2.45, 2.75) is 39.1 Å². The first-order valence-electron chi connectivity index (χ1n) is 5.88. The molecular formula is C14H14O4. The summed E-state index contributed by atoms with van der Waals surface area (Å²) in [5, 5.41) is 0. The molecule has 0 aliphatic carbocycles. The van der Waals surface area contributed by atoms with Crippen LogP contribution in [0.3, 0.4) is 0 Å². The first-order chi connectivity index (χ1) is 8.28. The summed E-state index contributed by atoms with van der Waals surface area (Å²) in [6.45, 7) is 6.70. The molecule has 2 unspecified atom stereocenters. The van der Waals surface area contributed by atoms with Crippen LogP contribution in [0, 0.1) is 0 Å². The van der Waals surface area contributed by atoms with Crippen LogP contribution < -0.4 is 4.74 Å². The number of hydrogen-bond donors (Lipinski definition) is 0. The normalized spacial score (nSPS) is 31.3. The summed E-state index contributed by atoms with van der Waals surface area (Å²) >= 11 is 0. The molecule has 1 aromatic carbocycles. The molecule has 18 heavy (non-hydrogen) atoms. The van der Waals surface area contributed by atoms with Crippen molar-refractivity contribution in [1.29, 1.82) is 0 Å². The Labute approximate surface area is 105 Å². The number of hydrogen-bond acceptors (Lipinski definition) is 4. The lowest BCUT2D eigenvalue weighted by molar-refractivity contribution is 0.0772. The monoisotopic (exact) mass is 246 g/mol. The van der Waals surface area contributed by atoms with E-state index in [-0.39, 0.29) is 11.6 Å². The van der Waals surface area contributed by atoms with E-state index in [4.69, 9.17) is 9.47 Å². The predicted octanol–water partition coefficient (Wildman–Crippen LogP) is 2.45. The van der Waals surface area contributed by atoms with Crippen molar-refractivity contribution in [2.24, 2.45) is 0 Å². The topological polar surface area (TPSA) is 55.9 Å². The molecule has 1 fully saturated rings. The summed E-state index contributed by atoms with van der Waals surface area (Å²) in [5.41, 5.74) is 1.20. The molecule has 0 aromatic heterocycles. The van der Waals surface area contributed by atoms with Crippen molar-refractivity contribution in [3.63, 3.8) is 0 Å². The van der Waals surface area contributed by atoms with Gasteiger partial charge in [-0.15, -0.1) is 0 Å². The van der Waals surface area contributed by atoms with Gasteiger partial charge < -0.3 is 9.47 Å². The van der Waals surface area contributed by atoms with Crippen molar-refractivity contribution in [1.82, 2.24) is 0 Å². The third-order valence-electron chi connectivity index (χ3n) is 3.89. The maximum Gasteiger partial charge on any atom is 0.242 e. The highest BCUT2D eigenvalue weighted by atomic mass is 16.8. The average Bonchev–Trinajstić information content (AvgIpc) is 2.71. The zero-order valence-electron chi connectivity index (χ0n) is 10.8. The van der Waals surface area contributed by atoms with Crippen LogP contribution in [0.2, 0.25) is 0 Å². The highest BCUT2D eigenvalue weighted by Crippen LogP contribution is 2.64. The molecule has 3 rings (SSSR count). The van der Waals surface area contributed by atoms with Gasteiger partial charge in [-0.05, 0) is 32.9 Å². The summed E-state index contributed by atoms with van der Waals surface area (Å²) in [7, 11) is 0. The van der Waals surface area contributed by atoms with Crippen LogP contribution in [0.25, 0.3) is 0 Å². The fraction of sp³-hybridized carbons (Fsp3) is 0.429. The largest absolute Gasteiger partial charge is 0.459 e. The Morgan fingerprint density at radius 2 is 1.78 bits per heavy atom. The Morgan fingerprint density at radius 1 is 1.11 bits per heavy atom. The van der Waals surface area contributed by atoms with Crippen LogP contribution in [0.4, 0.5) is 0 Å². The van der Waals surface area contributed by atoms with E-state index in [2.05, 4.69) is 0 Å². The molecule has 2 aliphatic heterocycles. The summed E-state index contributed by atoms with van der Waals surface area (Å²) in [5.74, 6) is -0.279. The van der Waals surface area contributed by atoms with Gasteiger partial charge >= 0.3 is 0 Å². The minimum Gasteiger partial charge on any atom is -0.459 e. The van der Waals surface area contributed by atoms with Crippen LogP contribution in [0.15, 0.2) is 12.1 Å². The van der Waals surface area contributed by atoms with E-state index in [1.165, 1.54) is 13.8 Å². The predicted molar refractivity (Wildman–Crippen MR) is 63.9 cm³/mol. The van der Waals surface area contributed by atoms with Crippen LogP contribution in [-0.4, -0.2) is 17.4 Å². The first kappa shape index (κ1) is 11.4. The Hall–Kier alpha value is -1.68. The van der Waals surface area contributed by atoms with Crippen LogP contribution in [0.5, 0.6) is 5.75 Å². The van der Waals surface area contributed by atoms with Crippen LogP contribution in [0.1, 0.15) is 54.0 Å². The summed E-state index contributed by atoms with van der Waals surface area (Å²) in [6.07, 6.45) is 0. The van der Waals surface area contributed by atoms with Crippen molar-refractivity contribution in [3.05, 3.63) is 28.8 Å². The molecule has 0 radical (unpaired) electrons. The van der Waals surface area contributed by atoms with Gasteiger partial charge in [-0.25, -0.2) is 0 Å². The van der Waals surface area contributed by atoms with Crippen molar-refractivity contribution in [2.75, 3.05) is 0 Å². The van der Waals surface area contributed by atoms with Gasteiger partial charge in [0.1, 0.15) is 5.75 Å². The van der Waals surface area contributed by atoms with Gasteiger partial charge in [0.05, 0.1) is 0 Å². The van der Waals surface area contributed by atoms with E-state index in [9.17, 15) is 9.59 Å². The number of fused-ring (bicyclic) bond motifs is 3. The van der Waals surface area contributed by atoms with Crippen molar-refractivity contribution >= 4 is 11.6 Å². The first-order valence-corrected chi connectivity index (χ1v) is 5.88. The number of epoxide rings is 1. The Bertz CT molecular complexity index is 604. The Kier molecular flexibility index (Phi) is 1.91. The smallest absolute Gasteiger partial charge is 0.242 e. The maximum absolute atomic E-state index is 11.8. The van der Waals surface area contributed by atoms with Gasteiger partial charge in [-0.1, -0.05) is 0 Å². The lowest BCUT2D eigenvalue weighted by atomic mass is 9.89. The summed E-state index contributed by atoms with van der Waals surface area (Å²) in [6, 6.07) is 3.32. The fourth-order valence-electron chi connectivity index (χ4n) is 2.64. The molecule has 0 amide bonds. The van der Waals surface area contributed by atoms with Crippen LogP contribution in [-0.2, 0) is 10.3 Å². The van der Waals surface area contributed by atoms with Gasteiger partial charge in [0.25, 0.3) is 0 Å². The molecular weight excluding hydrogens is 232 g/mol. The third kappa shape index (κ3) is 1.18. The second-order valence-electron chi connectivity index (χ2n) is 5.19. The molecule has 2 heterocycles. The molecule has 1 saturated heterocycles. The minimum absolute atomic E-state index is 0.0827. The molecule has 4 nitrogen and oxygen atoms in total. The van der Waals surface area contributed by atoms with E-state index in [0.717, 1.165) is 5.56 Å². The highest BCUT2D eigenvalue weighted by Gasteiger charge is 2.73. The molecule has 94 valence electrons. The summed E-state index contributed by atoms with van der Waals surface area (Å²) in [4.78, 5) is 23.2. The average molecular weight is 246 g/mol. The highest BCUT2D eigenvalue weighted by molar-refractivity contribution is 6.02. The molecule has 1 aromatic rings. The van der Waals surface area contributed by atoms with Gasteiger partial charge in [-0.2, -0.15) is 0 Å². The standard InChI is InChI=1S/C14H14O4/c1-7(15)9-5-10(8(2)16)12-11(6-9)17-14(4)13(12,3)18-14/h5-6H,1-4H3. The second-order valence-corrected chi connectivity index (χ2v) is 5.19. The van der Waals surface area contributed by atoms with E-state index < -0.39 is 11.4 Å². The number of Topliss-reactive ketones (excluding diaryl/α,β-unsaturated/α-hetero) is 2. The molecule has 4 heteroatoms. The van der Waals surface area contributed by atoms with E-state index in [1.807, 2.05) is 13.8 Å². The number of ketones is 2. The van der Waals surface area contributed by atoms with Gasteiger partial charge in [0.2, 0.25) is 5.79 Å². The van der Waals surface area contributed by atoms with Crippen molar-refractivity contribution in [3.8, 4) is 5.75 Å². The molecule has 0 saturated carbocycles. The zero-order valence-corrected chi connectivity index (χ0v) is 10.8. The third-order valence-corrected chi connectivity index (χ3v) is 3.89.